The number of rotatable bonds is 13. The molecule has 0 rings (SSSR count). The van der Waals surface area contributed by atoms with E-state index in [2.05, 4.69) is 27.7 Å². The van der Waals surface area contributed by atoms with Gasteiger partial charge in [-0.3, -0.25) is 0 Å². The first-order valence-electron chi connectivity index (χ1n) is 11.2. The Hall–Kier alpha value is -0.300. The molecule has 0 heterocycles. The molecule has 21 heavy (non-hydrogen) atoms. The monoisotopic (exact) mass is 301 g/mol. The lowest BCUT2D eigenvalue weighted by atomic mass is 9.91. The van der Waals surface area contributed by atoms with Crippen LogP contribution in [0.15, 0.2) is 11.6 Å². The molecule has 0 aromatic heterocycles. The van der Waals surface area contributed by atoms with E-state index in [-0.39, 0.29) is 12.0 Å². The SMILES string of the molecule is [2H]C([2H])([2H])/C(=C\CO)C([2H])([2H])CC[C@H](C)CCC[C@H](C)CCCC(C)C. The molecule has 126 valence electrons. The standard InChI is InChI=1S/C20H40O/c1-17(2)9-6-10-18(3)11-7-12-19(4)13-8-14-20(5)15-16-21/h15,17-19,21H,6-14,16H2,1-5H3/b20-15+/t18-,19-/m1/s1/i5D3,14D2. The van der Waals surface area contributed by atoms with Crippen molar-refractivity contribution < 1.29 is 12.0 Å². The number of allylic oxidation sites excluding steroid dienone is 1. The lowest BCUT2D eigenvalue weighted by Gasteiger charge is -2.15. The molecule has 0 aliphatic carbocycles. The number of aliphatic hydroxyl groups is 1. The van der Waals surface area contributed by atoms with E-state index in [1.807, 2.05) is 0 Å². The fourth-order valence-electron chi connectivity index (χ4n) is 2.59. The summed E-state index contributed by atoms with van der Waals surface area (Å²) in [4.78, 5) is 0. The molecule has 1 N–H and O–H groups in total. The van der Waals surface area contributed by atoms with Gasteiger partial charge in [0.15, 0.2) is 0 Å². The Balaban J connectivity index is 4.24. The third-order valence-corrected chi connectivity index (χ3v) is 4.12. The van der Waals surface area contributed by atoms with Gasteiger partial charge in [-0.1, -0.05) is 84.3 Å². The average Bonchev–Trinajstić information content (AvgIpc) is 2.49. The van der Waals surface area contributed by atoms with Gasteiger partial charge in [0, 0.05) is 6.85 Å². The van der Waals surface area contributed by atoms with Crippen LogP contribution in [0.1, 0.15) is 99.1 Å². The third-order valence-electron chi connectivity index (χ3n) is 4.12. The number of hydrogen-bond donors (Lipinski definition) is 1. The first kappa shape index (κ1) is 13.2. The van der Waals surface area contributed by atoms with Gasteiger partial charge in [0.25, 0.3) is 0 Å². The fourth-order valence-corrected chi connectivity index (χ4v) is 2.59. The molecule has 0 spiro atoms. The zero-order valence-corrected chi connectivity index (χ0v) is 14.6. The van der Waals surface area contributed by atoms with Gasteiger partial charge in [0.05, 0.1) is 6.61 Å². The van der Waals surface area contributed by atoms with Gasteiger partial charge in [-0.05, 0) is 37.4 Å². The lowest BCUT2D eigenvalue weighted by Crippen LogP contribution is -2.00. The Labute approximate surface area is 141 Å². The maximum Gasteiger partial charge on any atom is 0.0614 e. The van der Waals surface area contributed by atoms with E-state index in [9.17, 15) is 0 Å². The molecule has 1 nitrogen and oxygen atoms in total. The zero-order valence-electron chi connectivity index (χ0n) is 19.6. The Morgan fingerprint density at radius 3 is 1.95 bits per heavy atom. The second-order valence-electron chi connectivity index (χ2n) is 6.98. The number of aliphatic hydroxyl groups excluding tert-OH is 1. The highest BCUT2D eigenvalue weighted by Crippen LogP contribution is 2.21. The summed E-state index contributed by atoms with van der Waals surface area (Å²) >= 11 is 0. The molecule has 0 aromatic rings. The quantitative estimate of drug-likeness (QED) is 0.392. The van der Waals surface area contributed by atoms with Gasteiger partial charge in [-0.25, -0.2) is 0 Å². The van der Waals surface area contributed by atoms with Gasteiger partial charge >= 0.3 is 0 Å². The molecule has 0 aliphatic heterocycles. The van der Waals surface area contributed by atoms with Crippen molar-refractivity contribution in [2.24, 2.45) is 17.8 Å². The highest BCUT2D eigenvalue weighted by Gasteiger charge is 2.06. The summed E-state index contributed by atoms with van der Waals surface area (Å²) in [5.41, 5.74) is -0.265. The van der Waals surface area contributed by atoms with Gasteiger partial charge in [0.1, 0.15) is 0 Å². The van der Waals surface area contributed by atoms with Crippen LogP contribution in [0, 0.1) is 17.8 Å². The van der Waals surface area contributed by atoms with Gasteiger partial charge in [-0.15, -0.1) is 0 Å². The van der Waals surface area contributed by atoms with Gasteiger partial charge < -0.3 is 5.11 Å². The Bertz CT molecular complexity index is 401. The van der Waals surface area contributed by atoms with Crippen molar-refractivity contribution >= 4 is 0 Å². The van der Waals surface area contributed by atoms with E-state index in [4.69, 9.17) is 12.0 Å². The van der Waals surface area contributed by atoms with E-state index in [0.29, 0.717) is 12.3 Å². The van der Waals surface area contributed by atoms with Crippen LogP contribution in [0.5, 0.6) is 0 Å². The smallest absolute Gasteiger partial charge is 0.0614 e. The number of hydrogen-bond acceptors (Lipinski definition) is 1. The molecule has 2 atom stereocenters. The second kappa shape index (κ2) is 13.4. The molecule has 0 bridgehead atoms. The Morgan fingerprint density at radius 1 is 0.952 bits per heavy atom. The molecule has 0 radical (unpaired) electrons. The van der Waals surface area contributed by atoms with Crippen molar-refractivity contribution in [3.63, 3.8) is 0 Å². The highest BCUT2D eigenvalue weighted by molar-refractivity contribution is 4.97. The van der Waals surface area contributed by atoms with Crippen LogP contribution < -0.4 is 0 Å². The molecule has 0 fully saturated rings. The van der Waals surface area contributed by atoms with Crippen molar-refractivity contribution in [3.05, 3.63) is 11.6 Å². The highest BCUT2D eigenvalue weighted by atomic mass is 16.2. The molecule has 0 aromatic carbocycles. The molecule has 1 heteroatoms. The van der Waals surface area contributed by atoms with Crippen LogP contribution in [-0.4, -0.2) is 11.7 Å². The summed E-state index contributed by atoms with van der Waals surface area (Å²) in [7, 11) is 0. The minimum atomic E-state index is -2.50. The van der Waals surface area contributed by atoms with Crippen LogP contribution in [0.4, 0.5) is 0 Å². The van der Waals surface area contributed by atoms with Crippen molar-refractivity contribution in [3.8, 4) is 0 Å². The minimum Gasteiger partial charge on any atom is -0.392 e. The first-order valence-corrected chi connectivity index (χ1v) is 8.72. The normalized spacial score (nSPS) is 20.3. The van der Waals surface area contributed by atoms with E-state index in [0.717, 1.165) is 30.8 Å². The molecule has 0 aliphatic rings. The second-order valence-corrected chi connectivity index (χ2v) is 6.98. The summed E-state index contributed by atoms with van der Waals surface area (Å²) in [6, 6.07) is 0. The fraction of sp³-hybridized carbons (Fsp3) is 0.900. The maximum atomic E-state index is 9.01. The molecular formula is C20H40O. The van der Waals surface area contributed by atoms with E-state index in [1.165, 1.54) is 25.7 Å². The van der Waals surface area contributed by atoms with Crippen molar-refractivity contribution in [2.45, 2.75) is 92.3 Å². The first-order chi connectivity index (χ1) is 11.9. The summed E-state index contributed by atoms with van der Waals surface area (Å²) in [5, 5.41) is 9.01. The molecule has 0 unspecified atom stereocenters. The van der Waals surface area contributed by atoms with Crippen LogP contribution in [0.3, 0.4) is 0 Å². The summed E-state index contributed by atoms with van der Waals surface area (Å²) in [6.45, 7) is 6.01. The maximum absolute atomic E-state index is 9.01. The van der Waals surface area contributed by atoms with Crippen LogP contribution in [0.25, 0.3) is 0 Å². The predicted octanol–water partition coefficient (Wildman–Crippen LogP) is 6.36. The van der Waals surface area contributed by atoms with Crippen molar-refractivity contribution in [1.82, 2.24) is 0 Å². The molecular weight excluding hydrogens is 256 g/mol. The van der Waals surface area contributed by atoms with Gasteiger partial charge in [-0.2, -0.15) is 0 Å². The van der Waals surface area contributed by atoms with E-state index in [1.54, 1.807) is 0 Å². The van der Waals surface area contributed by atoms with Gasteiger partial charge in [0.2, 0.25) is 0 Å². The minimum absolute atomic E-state index is 0.183. The predicted molar refractivity (Wildman–Crippen MR) is 95.6 cm³/mol. The summed E-state index contributed by atoms with van der Waals surface area (Å²) < 4.78 is 38.7. The third kappa shape index (κ3) is 14.4. The largest absolute Gasteiger partial charge is 0.392 e. The van der Waals surface area contributed by atoms with Crippen LogP contribution >= 0.6 is 0 Å². The van der Waals surface area contributed by atoms with E-state index < -0.39 is 19.8 Å². The molecule has 0 saturated heterocycles. The molecule has 0 saturated carbocycles. The topological polar surface area (TPSA) is 20.2 Å². The Morgan fingerprint density at radius 2 is 1.48 bits per heavy atom. The zero-order chi connectivity index (χ0) is 20.4. The summed E-state index contributed by atoms with van der Waals surface area (Å²) in [5.74, 6) is 1.89. The van der Waals surface area contributed by atoms with E-state index >= 15 is 0 Å². The molecule has 0 amide bonds. The average molecular weight is 302 g/mol. The van der Waals surface area contributed by atoms with Crippen LogP contribution in [-0.2, 0) is 0 Å². The van der Waals surface area contributed by atoms with Crippen LogP contribution in [0.2, 0.25) is 0 Å². The van der Waals surface area contributed by atoms with Crippen molar-refractivity contribution in [2.75, 3.05) is 6.61 Å². The van der Waals surface area contributed by atoms with Crippen molar-refractivity contribution in [1.29, 1.82) is 0 Å². The summed E-state index contributed by atoms with van der Waals surface area (Å²) in [6.07, 6.45) is 7.33. The lowest BCUT2D eigenvalue weighted by molar-refractivity contribution is 0.341. The Kier molecular flexibility index (Phi) is 8.38.